The predicted molar refractivity (Wildman–Crippen MR) is 72.6 cm³/mol. The van der Waals surface area contributed by atoms with Crippen LogP contribution in [0.2, 0.25) is 0 Å². The Kier molecular flexibility index (Phi) is 5.52. The van der Waals surface area contributed by atoms with Crippen LogP contribution in [0.3, 0.4) is 0 Å². The van der Waals surface area contributed by atoms with Gasteiger partial charge in [0.25, 0.3) is 0 Å². The average Bonchev–Trinajstić information content (AvgIpc) is 2.84. The lowest BCUT2D eigenvalue weighted by molar-refractivity contribution is 0.300. The van der Waals surface area contributed by atoms with Crippen LogP contribution in [0.4, 0.5) is 0 Å². The van der Waals surface area contributed by atoms with E-state index in [0.29, 0.717) is 0 Å². The van der Waals surface area contributed by atoms with Gasteiger partial charge >= 0.3 is 0 Å². The SMILES string of the molecule is NCCCCOc1cnn(CC2CCCCC2)c1. The van der Waals surface area contributed by atoms with Crippen molar-refractivity contribution in [3.8, 4) is 5.75 Å². The van der Waals surface area contributed by atoms with Crippen LogP contribution in [-0.4, -0.2) is 22.9 Å². The van der Waals surface area contributed by atoms with Crippen molar-refractivity contribution in [1.29, 1.82) is 0 Å². The second-order valence-electron chi connectivity index (χ2n) is 5.25. The Morgan fingerprint density at radius 3 is 2.89 bits per heavy atom. The van der Waals surface area contributed by atoms with Gasteiger partial charge < -0.3 is 10.5 Å². The first-order chi connectivity index (χ1) is 8.88. The summed E-state index contributed by atoms with van der Waals surface area (Å²) in [6.45, 7) is 2.53. The van der Waals surface area contributed by atoms with Crippen LogP contribution < -0.4 is 10.5 Å². The Labute approximate surface area is 110 Å². The van der Waals surface area contributed by atoms with E-state index in [0.717, 1.165) is 44.2 Å². The third kappa shape index (κ3) is 4.33. The molecule has 0 atom stereocenters. The zero-order valence-corrected chi connectivity index (χ0v) is 11.2. The van der Waals surface area contributed by atoms with Gasteiger partial charge in [0, 0.05) is 6.54 Å². The summed E-state index contributed by atoms with van der Waals surface area (Å²) in [4.78, 5) is 0. The second-order valence-corrected chi connectivity index (χ2v) is 5.25. The fourth-order valence-electron chi connectivity index (χ4n) is 2.59. The molecular formula is C14H25N3O. The highest BCUT2D eigenvalue weighted by Crippen LogP contribution is 2.25. The molecule has 4 nitrogen and oxygen atoms in total. The van der Waals surface area contributed by atoms with Gasteiger partial charge in [0.05, 0.1) is 19.0 Å². The molecule has 1 saturated carbocycles. The van der Waals surface area contributed by atoms with Crippen molar-refractivity contribution >= 4 is 0 Å². The van der Waals surface area contributed by atoms with Crippen LogP contribution in [0.25, 0.3) is 0 Å². The molecule has 0 saturated heterocycles. The van der Waals surface area contributed by atoms with Gasteiger partial charge in [-0.2, -0.15) is 5.10 Å². The maximum Gasteiger partial charge on any atom is 0.157 e. The number of hydrogen-bond acceptors (Lipinski definition) is 3. The first-order valence-corrected chi connectivity index (χ1v) is 7.24. The quantitative estimate of drug-likeness (QED) is 0.758. The Morgan fingerprint density at radius 1 is 1.28 bits per heavy atom. The van der Waals surface area contributed by atoms with Gasteiger partial charge in [-0.3, -0.25) is 4.68 Å². The molecule has 0 unspecified atom stereocenters. The van der Waals surface area contributed by atoms with Crippen molar-refractivity contribution in [2.24, 2.45) is 11.7 Å². The molecule has 0 amide bonds. The van der Waals surface area contributed by atoms with Gasteiger partial charge in [0.15, 0.2) is 5.75 Å². The highest BCUT2D eigenvalue weighted by Gasteiger charge is 2.14. The molecule has 18 heavy (non-hydrogen) atoms. The van der Waals surface area contributed by atoms with Crippen molar-refractivity contribution in [2.45, 2.75) is 51.5 Å². The average molecular weight is 251 g/mol. The normalized spacial score (nSPS) is 16.9. The Bertz CT molecular complexity index is 332. The summed E-state index contributed by atoms with van der Waals surface area (Å²) >= 11 is 0. The molecule has 2 N–H and O–H groups in total. The van der Waals surface area contributed by atoms with Crippen molar-refractivity contribution in [3.05, 3.63) is 12.4 Å². The molecular weight excluding hydrogens is 226 g/mol. The molecule has 4 heteroatoms. The smallest absolute Gasteiger partial charge is 0.157 e. The molecule has 0 spiro atoms. The molecule has 1 aliphatic carbocycles. The van der Waals surface area contributed by atoms with E-state index in [9.17, 15) is 0 Å². The third-order valence-electron chi connectivity index (χ3n) is 3.65. The van der Waals surface area contributed by atoms with Gasteiger partial charge in [0.1, 0.15) is 0 Å². The number of nitrogens with zero attached hydrogens (tertiary/aromatic N) is 2. The maximum atomic E-state index is 5.64. The third-order valence-corrected chi connectivity index (χ3v) is 3.65. The van der Waals surface area contributed by atoms with E-state index < -0.39 is 0 Å². The molecule has 1 aromatic heterocycles. The number of nitrogens with two attached hydrogens (primary N) is 1. The topological polar surface area (TPSA) is 53.1 Å². The summed E-state index contributed by atoms with van der Waals surface area (Å²) < 4.78 is 7.67. The fourth-order valence-corrected chi connectivity index (χ4v) is 2.59. The van der Waals surface area contributed by atoms with Crippen LogP contribution in [0.15, 0.2) is 12.4 Å². The highest BCUT2D eigenvalue weighted by atomic mass is 16.5. The lowest BCUT2D eigenvalue weighted by Gasteiger charge is -2.21. The van der Waals surface area contributed by atoms with Crippen molar-refractivity contribution in [3.63, 3.8) is 0 Å². The lowest BCUT2D eigenvalue weighted by atomic mass is 9.89. The van der Waals surface area contributed by atoms with E-state index in [-0.39, 0.29) is 0 Å². The summed E-state index contributed by atoms with van der Waals surface area (Å²) in [6.07, 6.45) is 12.8. The molecule has 1 heterocycles. The summed E-state index contributed by atoms with van der Waals surface area (Å²) in [5, 5.41) is 4.38. The molecule has 0 bridgehead atoms. The zero-order chi connectivity index (χ0) is 12.6. The number of rotatable bonds is 7. The first-order valence-electron chi connectivity index (χ1n) is 7.24. The molecule has 1 aromatic rings. The molecule has 0 aliphatic heterocycles. The van der Waals surface area contributed by atoms with Crippen LogP contribution >= 0.6 is 0 Å². The van der Waals surface area contributed by atoms with E-state index in [4.69, 9.17) is 10.5 Å². The number of hydrogen-bond donors (Lipinski definition) is 1. The van der Waals surface area contributed by atoms with Gasteiger partial charge in [-0.1, -0.05) is 19.3 Å². The highest BCUT2D eigenvalue weighted by molar-refractivity contribution is 5.11. The minimum absolute atomic E-state index is 0.740. The fraction of sp³-hybridized carbons (Fsp3) is 0.786. The van der Waals surface area contributed by atoms with Gasteiger partial charge in [0.2, 0.25) is 0 Å². The lowest BCUT2D eigenvalue weighted by Crippen LogP contribution is -2.14. The standard InChI is InChI=1S/C14H25N3O/c15-8-4-5-9-18-14-10-16-17(12-14)11-13-6-2-1-3-7-13/h10,12-13H,1-9,11,15H2. The zero-order valence-electron chi connectivity index (χ0n) is 11.2. The monoisotopic (exact) mass is 251 g/mol. The largest absolute Gasteiger partial charge is 0.490 e. The minimum atomic E-state index is 0.740. The molecule has 0 radical (unpaired) electrons. The van der Waals surface area contributed by atoms with Crippen LogP contribution in [0.1, 0.15) is 44.9 Å². The second kappa shape index (κ2) is 7.41. The molecule has 1 aliphatic rings. The summed E-state index contributed by atoms with van der Waals surface area (Å²) in [5.74, 6) is 1.70. The van der Waals surface area contributed by atoms with Gasteiger partial charge in [-0.05, 0) is 38.1 Å². The van der Waals surface area contributed by atoms with Crippen molar-refractivity contribution in [1.82, 2.24) is 9.78 Å². The minimum Gasteiger partial charge on any atom is -0.490 e. The van der Waals surface area contributed by atoms with Crippen molar-refractivity contribution < 1.29 is 4.74 Å². The van der Waals surface area contributed by atoms with Crippen LogP contribution in [0.5, 0.6) is 5.75 Å². The summed E-state index contributed by atoms with van der Waals surface area (Å²) in [7, 11) is 0. The van der Waals surface area contributed by atoms with Gasteiger partial charge in [-0.15, -0.1) is 0 Å². The number of ether oxygens (including phenoxy) is 1. The van der Waals surface area contributed by atoms with E-state index in [1.54, 1.807) is 0 Å². The van der Waals surface area contributed by atoms with E-state index in [1.807, 2.05) is 17.1 Å². The Balaban J connectivity index is 1.71. The number of aromatic nitrogens is 2. The summed E-state index contributed by atoms with van der Waals surface area (Å²) in [6, 6.07) is 0. The first kappa shape index (κ1) is 13.4. The van der Waals surface area contributed by atoms with Gasteiger partial charge in [-0.25, -0.2) is 0 Å². The Morgan fingerprint density at radius 2 is 2.11 bits per heavy atom. The molecule has 2 rings (SSSR count). The molecule has 0 aromatic carbocycles. The van der Waals surface area contributed by atoms with E-state index >= 15 is 0 Å². The molecule has 102 valence electrons. The summed E-state index contributed by atoms with van der Waals surface area (Å²) in [5.41, 5.74) is 5.44. The van der Waals surface area contributed by atoms with Crippen LogP contribution in [0, 0.1) is 5.92 Å². The molecule has 1 fully saturated rings. The van der Waals surface area contributed by atoms with Crippen molar-refractivity contribution in [2.75, 3.05) is 13.2 Å². The van der Waals surface area contributed by atoms with Crippen LogP contribution in [-0.2, 0) is 6.54 Å². The number of unbranched alkanes of at least 4 members (excludes halogenated alkanes) is 1. The van der Waals surface area contributed by atoms with E-state index in [1.165, 1.54) is 32.1 Å². The Hall–Kier alpha value is -1.03. The van der Waals surface area contributed by atoms with E-state index in [2.05, 4.69) is 5.10 Å². The maximum absolute atomic E-state index is 5.64. The predicted octanol–water partition coefficient (Wildman–Crippen LogP) is 2.58.